The maximum atomic E-state index is 12.1. The molecule has 1 amide bonds. The minimum absolute atomic E-state index is 0.0861. The zero-order valence-corrected chi connectivity index (χ0v) is 10.2. The molecule has 0 atom stereocenters. The third-order valence-electron chi connectivity index (χ3n) is 3.25. The van der Waals surface area contributed by atoms with E-state index in [1.807, 2.05) is 11.9 Å². The molecule has 0 bridgehead atoms. The monoisotopic (exact) mass is 239 g/mol. The van der Waals surface area contributed by atoms with Crippen LogP contribution < -0.4 is 5.73 Å². The average Bonchev–Trinajstić information content (AvgIpc) is 2.81. The standard InChI is InChI=1S/C11H17N3OS/c1-14(9-4-2-8(12)3-5-9)11(15)10-6-13-7-16-10/h6-9H,2-5,12H2,1H3. The molecule has 1 aliphatic carbocycles. The minimum atomic E-state index is 0.0861. The first-order chi connectivity index (χ1) is 7.68. The summed E-state index contributed by atoms with van der Waals surface area (Å²) in [5, 5.41) is 0. The molecule has 1 aromatic rings. The number of aromatic nitrogens is 1. The van der Waals surface area contributed by atoms with Crippen molar-refractivity contribution in [1.82, 2.24) is 9.88 Å². The molecule has 1 fully saturated rings. The van der Waals surface area contributed by atoms with Gasteiger partial charge in [-0.25, -0.2) is 0 Å². The minimum Gasteiger partial charge on any atom is -0.338 e. The summed E-state index contributed by atoms with van der Waals surface area (Å²) in [6.45, 7) is 0. The number of rotatable bonds is 2. The van der Waals surface area contributed by atoms with Crippen LogP contribution in [0.3, 0.4) is 0 Å². The number of thiazole rings is 1. The van der Waals surface area contributed by atoms with Gasteiger partial charge in [-0.15, -0.1) is 11.3 Å². The van der Waals surface area contributed by atoms with Gasteiger partial charge in [-0.3, -0.25) is 9.78 Å². The van der Waals surface area contributed by atoms with Gasteiger partial charge in [-0.05, 0) is 25.7 Å². The number of nitrogens with zero attached hydrogens (tertiary/aromatic N) is 2. The summed E-state index contributed by atoms with van der Waals surface area (Å²) in [5.74, 6) is 0.0861. The molecular formula is C11H17N3OS. The van der Waals surface area contributed by atoms with Gasteiger partial charge in [-0.1, -0.05) is 0 Å². The summed E-state index contributed by atoms with van der Waals surface area (Å²) < 4.78 is 0. The smallest absolute Gasteiger partial charge is 0.265 e. The lowest BCUT2D eigenvalue weighted by Gasteiger charge is -2.33. The highest BCUT2D eigenvalue weighted by Gasteiger charge is 2.26. The zero-order valence-electron chi connectivity index (χ0n) is 9.43. The molecule has 88 valence electrons. The molecule has 0 unspecified atom stereocenters. The van der Waals surface area contributed by atoms with E-state index >= 15 is 0 Å². The van der Waals surface area contributed by atoms with Gasteiger partial charge in [0.15, 0.2) is 0 Å². The van der Waals surface area contributed by atoms with E-state index in [0.29, 0.717) is 12.1 Å². The van der Waals surface area contributed by atoms with E-state index in [-0.39, 0.29) is 5.91 Å². The number of hydrogen-bond acceptors (Lipinski definition) is 4. The van der Waals surface area contributed by atoms with Crippen LogP contribution in [0.4, 0.5) is 0 Å². The third-order valence-corrected chi connectivity index (χ3v) is 4.01. The number of carbonyl (C=O) groups excluding carboxylic acids is 1. The largest absolute Gasteiger partial charge is 0.338 e. The topological polar surface area (TPSA) is 59.2 Å². The van der Waals surface area contributed by atoms with Crippen LogP contribution >= 0.6 is 11.3 Å². The molecular weight excluding hydrogens is 222 g/mol. The fourth-order valence-electron chi connectivity index (χ4n) is 2.15. The van der Waals surface area contributed by atoms with E-state index in [2.05, 4.69) is 4.98 Å². The Labute approximate surface area is 99.5 Å². The summed E-state index contributed by atoms with van der Waals surface area (Å²) in [6.07, 6.45) is 5.71. The van der Waals surface area contributed by atoms with Crippen LogP contribution in [0.25, 0.3) is 0 Å². The van der Waals surface area contributed by atoms with Crippen molar-refractivity contribution in [3.63, 3.8) is 0 Å². The molecule has 1 heterocycles. The lowest BCUT2D eigenvalue weighted by atomic mass is 9.91. The quantitative estimate of drug-likeness (QED) is 0.850. The molecule has 5 heteroatoms. The van der Waals surface area contributed by atoms with Crippen LogP contribution in [0.1, 0.15) is 35.4 Å². The molecule has 2 N–H and O–H groups in total. The molecule has 16 heavy (non-hydrogen) atoms. The molecule has 0 saturated heterocycles. The van der Waals surface area contributed by atoms with Crippen LogP contribution in [-0.4, -0.2) is 34.9 Å². The zero-order chi connectivity index (χ0) is 11.5. The highest BCUT2D eigenvalue weighted by Crippen LogP contribution is 2.23. The maximum Gasteiger partial charge on any atom is 0.265 e. The Balaban J connectivity index is 1.97. The van der Waals surface area contributed by atoms with Crippen molar-refractivity contribution in [1.29, 1.82) is 0 Å². The van der Waals surface area contributed by atoms with Crippen molar-refractivity contribution < 1.29 is 4.79 Å². The van der Waals surface area contributed by atoms with E-state index < -0.39 is 0 Å². The first kappa shape index (κ1) is 11.5. The van der Waals surface area contributed by atoms with Gasteiger partial charge in [-0.2, -0.15) is 0 Å². The fourth-order valence-corrected chi connectivity index (χ4v) is 2.75. The summed E-state index contributed by atoms with van der Waals surface area (Å²) >= 11 is 1.40. The van der Waals surface area contributed by atoms with Crippen molar-refractivity contribution >= 4 is 17.2 Å². The summed E-state index contributed by atoms with van der Waals surface area (Å²) in [4.78, 5) is 18.6. The molecule has 1 aromatic heterocycles. The number of hydrogen-bond donors (Lipinski definition) is 1. The van der Waals surface area contributed by atoms with E-state index in [1.165, 1.54) is 11.3 Å². The van der Waals surface area contributed by atoms with Crippen molar-refractivity contribution in [3.05, 3.63) is 16.6 Å². The Hall–Kier alpha value is -0.940. The summed E-state index contributed by atoms with van der Waals surface area (Å²) in [5.41, 5.74) is 7.55. The molecule has 2 rings (SSSR count). The van der Waals surface area contributed by atoms with Crippen molar-refractivity contribution in [2.75, 3.05) is 7.05 Å². The molecule has 0 aliphatic heterocycles. The maximum absolute atomic E-state index is 12.1. The van der Waals surface area contributed by atoms with Gasteiger partial charge in [0.05, 0.1) is 11.7 Å². The Morgan fingerprint density at radius 2 is 2.19 bits per heavy atom. The molecule has 1 aliphatic rings. The first-order valence-corrected chi connectivity index (χ1v) is 6.47. The fraction of sp³-hybridized carbons (Fsp3) is 0.636. The second kappa shape index (κ2) is 4.93. The molecule has 4 nitrogen and oxygen atoms in total. The predicted molar refractivity (Wildman–Crippen MR) is 64.4 cm³/mol. The van der Waals surface area contributed by atoms with Crippen LogP contribution in [-0.2, 0) is 0 Å². The number of amides is 1. The van der Waals surface area contributed by atoms with Crippen molar-refractivity contribution in [3.8, 4) is 0 Å². The van der Waals surface area contributed by atoms with Crippen molar-refractivity contribution in [2.24, 2.45) is 5.73 Å². The highest BCUT2D eigenvalue weighted by atomic mass is 32.1. The average molecular weight is 239 g/mol. The van der Waals surface area contributed by atoms with Crippen LogP contribution in [0.2, 0.25) is 0 Å². The Morgan fingerprint density at radius 1 is 1.50 bits per heavy atom. The second-order valence-corrected chi connectivity index (χ2v) is 5.24. The van der Waals surface area contributed by atoms with Gasteiger partial charge in [0.2, 0.25) is 0 Å². The summed E-state index contributed by atoms with van der Waals surface area (Å²) in [6, 6.07) is 0.664. The Kier molecular flexibility index (Phi) is 3.56. The first-order valence-electron chi connectivity index (χ1n) is 5.59. The lowest BCUT2D eigenvalue weighted by Crippen LogP contribution is -2.41. The molecule has 1 saturated carbocycles. The lowest BCUT2D eigenvalue weighted by molar-refractivity contribution is 0.0694. The van der Waals surface area contributed by atoms with Gasteiger partial charge in [0.1, 0.15) is 4.88 Å². The van der Waals surface area contributed by atoms with E-state index in [9.17, 15) is 4.79 Å². The van der Waals surface area contributed by atoms with Gasteiger partial charge < -0.3 is 10.6 Å². The van der Waals surface area contributed by atoms with Crippen LogP contribution in [0.5, 0.6) is 0 Å². The van der Waals surface area contributed by atoms with Gasteiger partial charge in [0.25, 0.3) is 5.91 Å². The van der Waals surface area contributed by atoms with E-state index in [0.717, 1.165) is 30.6 Å². The molecule has 0 radical (unpaired) electrons. The Morgan fingerprint density at radius 3 is 2.75 bits per heavy atom. The van der Waals surface area contributed by atoms with Crippen LogP contribution in [0.15, 0.2) is 11.7 Å². The van der Waals surface area contributed by atoms with Crippen molar-refractivity contribution in [2.45, 2.75) is 37.8 Å². The molecule has 0 spiro atoms. The normalized spacial score (nSPS) is 25.4. The SMILES string of the molecule is CN(C(=O)c1cncs1)C1CCC(N)CC1. The van der Waals surface area contributed by atoms with Crippen LogP contribution in [0, 0.1) is 0 Å². The number of nitrogens with two attached hydrogens (primary N) is 1. The highest BCUT2D eigenvalue weighted by molar-refractivity contribution is 7.11. The second-order valence-electron chi connectivity index (χ2n) is 4.35. The third kappa shape index (κ3) is 2.41. The Bertz CT molecular complexity index is 344. The van der Waals surface area contributed by atoms with Gasteiger partial charge >= 0.3 is 0 Å². The summed E-state index contributed by atoms with van der Waals surface area (Å²) in [7, 11) is 1.88. The van der Waals surface area contributed by atoms with E-state index in [4.69, 9.17) is 5.73 Å². The predicted octanol–water partition coefficient (Wildman–Crippen LogP) is 1.48. The molecule has 0 aromatic carbocycles. The van der Waals surface area contributed by atoms with E-state index in [1.54, 1.807) is 11.7 Å². The number of carbonyl (C=O) groups is 1. The van der Waals surface area contributed by atoms with Gasteiger partial charge in [0, 0.05) is 19.1 Å².